The number of ether oxygens (including phenoxy) is 2. The topological polar surface area (TPSA) is 124 Å². The number of carbonyl (C=O) groups excluding carboxylic acids is 2. The van der Waals surface area contributed by atoms with Crippen LogP contribution in [0.5, 0.6) is 5.75 Å². The van der Waals surface area contributed by atoms with Crippen LogP contribution in [0, 0.1) is 5.82 Å². The number of hydrogen-bond acceptors (Lipinski definition) is 8. The fraction of sp³-hybridized carbons (Fsp3) is 0.357. The van der Waals surface area contributed by atoms with Gasteiger partial charge in [0.2, 0.25) is 11.8 Å². The molecule has 3 N–H and O–H groups in total. The molecule has 2 atom stereocenters. The SMILES string of the molecule is C=CC(=O)Nc1cc2c(Nc3ccc(F)cc3)ncnc2cc1OC(CC)CCC(=O)NOC1CCCCO1. The molecule has 1 saturated heterocycles. The van der Waals surface area contributed by atoms with Crippen molar-refractivity contribution in [2.75, 3.05) is 17.2 Å². The summed E-state index contributed by atoms with van der Waals surface area (Å²) in [4.78, 5) is 38.6. The van der Waals surface area contributed by atoms with E-state index >= 15 is 0 Å². The van der Waals surface area contributed by atoms with Crippen LogP contribution >= 0.6 is 0 Å². The summed E-state index contributed by atoms with van der Waals surface area (Å²) in [5, 5.41) is 6.54. The van der Waals surface area contributed by atoms with Gasteiger partial charge < -0.3 is 20.1 Å². The normalized spacial score (nSPS) is 15.8. The molecule has 2 amide bonds. The Kier molecular flexibility index (Phi) is 9.76. The lowest BCUT2D eigenvalue weighted by molar-refractivity contribution is -0.200. The fourth-order valence-electron chi connectivity index (χ4n) is 4.04. The maximum Gasteiger partial charge on any atom is 0.247 e. The van der Waals surface area contributed by atoms with Crippen molar-refractivity contribution in [3.63, 3.8) is 0 Å². The summed E-state index contributed by atoms with van der Waals surface area (Å²) in [5.41, 5.74) is 4.06. The Morgan fingerprint density at radius 2 is 2.05 bits per heavy atom. The summed E-state index contributed by atoms with van der Waals surface area (Å²) in [7, 11) is 0. The number of hydrogen-bond donors (Lipinski definition) is 3. The van der Waals surface area contributed by atoms with E-state index in [0.29, 0.717) is 53.3 Å². The summed E-state index contributed by atoms with van der Waals surface area (Å²) in [6.07, 6.45) is 5.77. The number of anilines is 3. The van der Waals surface area contributed by atoms with Gasteiger partial charge in [0, 0.05) is 36.6 Å². The van der Waals surface area contributed by atoms with E-state index in [2.05, 4.69) is 32.7 Å². The average molecular weight is 538 g/mol. The van der Waals surface area contributed by atoms with Crippen molar-refractivity contribution in [3.8, 4) is 5.75 Å². The van der Waals surface area contributed by atoms with Crippen LogP contribution in [-0.4, -0.2) is 40.8 Å². The molecule has 0 saturated carbocycles. The molecule has 1 aromatic heterocycles. The monoisotopic (exact) mass is 537 g/mol. The third-order valence-corrected chi connectivity index (χ3v) is 6.17. The number of rotatable bonds is 12. The Bertz CT molecular complexity index is 1300. The maximum absolute atomic E-state index is 13.3. The number of benzene rings is 2. The molecule has 1 aliphatic heterocycles. The van der Waals surface area contributed by atoms with Crippen LogP contribution in [0.25, 0.3) is 10.9 Å². The van der Waals surface area contributed by atoms with E-state index in [9.17, 15) is 14.0 Å². The highest BCUT2D eigenvalue weighted by Gasteiger charge is 2.19. The van der Waals surface area contributed by atoms with Crippen molar-refractivity contribution in [3.05, 3.63) is 61.2 Å². The minimum absolute atomic E-state index is 0.182. The molecule has 2 aromatic carbocycles. The first-order chi connectivity index (χ1) is 18.9. The van der Waals surface area contributed by atoms with Crippen molar-refractivity contribution in [2.24, 2.45) is 0 Å². The third-order valence-electron chi connectivity index (χ3n) is 6.17. The lowest BCUT2D eigenvalue weighted by Gasteiger charge is -2.23. The van der Waals surface area contributed by atoms with Gasteiger partial charge in [0.25, 0.3) is 0 Å². The third kappa shape index (κ3) is 7.95. The number of hydroxylamine groups is 1. The first-order valence-electron chi connectivity index (χ1n) is 12.9. The molecule has 39 heavy (non-hydrogen) atoms. The number of aromatic nitrogens is 2. The second kappa shape index (κ2) is 13.6. The summed E-state index contributed by atoms with van der Waals surface area (Å²) in [6, 6.07) is 9.28. The minimum Gasteiger partial charge on any atom is -0.488 e. The summed E-state index contributed by atoms with van der Waals surface area (Å²) >= 11 is 0. The smallest absolute Gasteiger partial charge is 0.247 e. The Morgan fingerprint density at radius 3 is 2.77 bits per heavy atom. The molecule has 2 unspecified atom stereocenters. The van der Waals surface area contributed by atoms with Gasteiger partial charge >= 0.3 is 0 Å². The molecule has 0 radical (unpaired) electrons. The molecule has 3 aromatic rings. The summed E-state index contributed by atoms with van der Waals surface area (Å²) in [6.45, 7) is 6.09. The summed E-state index contributed by atoms with van der Waals surface area (Å²) < 4.78 is 25.0. The second-order valence-electron chi connectivity index (χ2n) is 9.04. The Balaban J connectivity index is 1.49. The molecular weight excluding hydrogens is 505 g/mol. The van der Waals surface area contributed by atoms with Crippen LogP contribution in [0.15, 0.2) is 55.4 Å². The van der Waals surface area contributed by atoms with E-state index in [1.807, 2.05) is 6.92 Å². The quantitative estimate of drug-likeness (QED) is 0.214. The Labute approximate surface area is 225 Å². The van der Waals surface area contributed by atoms with Crippen molar-refractivity contribution in [2.45, 2.75) is 57.8 Å². The molecule has 0 spiro atoms. The lowest BCUT2D eigenvalue weighted by atomic mass is 10.1. The van der Waals surface area contributed by atoms with Crippen molar-refractivity contribution >= 4 is 39.9 Å². The summed E-state index contributed by atoms with van der Waals surface area (Å²) in [5.74, 6) is -0.174. The predicted octanol–water partition coefficient (Wildman–Crippen LogP) is 5.15. The van der Waals surface area contributed by atoms with Gasteiger partial charge in [0.05, 0.1) is 17.3 Å². The predicted molar refractivity (Wildman–Crippen MR) is 145 cm³/mol. The molecule has 11 heteroatoms. The van der Waals surface area contributed by atoms with E-state index in [0.717, 1.165) is 25.3 Å². The molecule has 0 bridgehead atoms. The van der Waals surface area contributed by atoms with Crippen LogP contribution in [0.3, 0.4) is 0 Å². The average Bonchev–Trinajstić information content (AvgIpc) is 2.96. The molecule has 10 nitrogen and oxygen atoms in total. The molecule has 2 heterocycles. The van der Waals surface area contributed by atoms with Crippen LogP contribution < -0.4 is 20.9 Å². The van der Waals surface area contributed by atoms with Gasteiger partial charge in [0.15, 0.2) is 6.29 Å². The van der Waals surface area contributed by atoms with E-state index in [1.54, 1.807) is 24.3 Å². The van der Waals surface area contributed by atoms with Gasteiger partial charge in [0.1, 0.15) is 23.7 Å². The first-order valence-corrected chi connectivity index (χ1v) is 12.9. The highest BCUT2D eigenvalue weighted by atomic mass is 19.1. The largest absolute Gasteiger partial charge is 0.488 e. The minimum atomic E-state index is -0.418. The number of nitrogens with one attached hydrogen (secondary N) is 3. The maximum atomic E-state index is 13.3. The van der Waals surface area contributed by atoms with Gasteiger partial charge in [-0.2, -0.15) is 0 Å². The van der Waals surface area contributed by atoms with E-state index in [-0.39, 0.29) is 24.2 Å². The Hall–Kier alpha value is -4.09. The van der Waals surface area contributed by atoms with Gasteiger partial charge in [-0.3, -0.25) is 9.59 Å². The molecule has 1 aliphatic rings. The number of nitrogens with zero attached hydrogens (tertiary/aromatic N) is 2. The number of halogens is 1. The zero-order chi connectivity index (χ0) is 27.6. The van der Waals surface area contributed by atoms with E-state index < -0.39 is 12.2 Å². The van der Waals surface area contributed by atoms with Crippen molar-refractivity contribution in [1.29, 1.82) is 0 Å². The second-order valence-corrected chi connectivity index (χ2v) is 9.04. The zero-order valence-electron chi connectivity index (χ0n) is 21.7. The van der Waals surface area contributed by atoms with E-state index in [1.165, 1.54) is 18.5 Å². The lowest BCUT2D eigenvalue weighted by Crippen LogP contribution is -2.33. The first kappa shape index (κ1) is 27.9. The molecule has 4 rings (SSSR count). The van der Waals surface area contributed by atoms with Crippen LogP contribution in [0.2, 0.25) is 0 Å². The van der Waals surface area contributed by atoms with Crippen LogP contribution in [-0.2, 0) is 19.2 Å². The fourth-order valence-corrected chi connectivity index (χ4v) is 4.04. The van der Waals surface area contributed by atoms with Crippen LogP contribution in [0.1, 0.15) is 45.4 Å². The Morgan fingerprint density at radius 1 is 1.23 bits per heavy atom. The molecular formula is C28H32FN5O5. The van der Waals surface area contributed by atoms with Gasteiger partial charge in [-0.25, -0.2) is 24.7 Å². The molecule has 0 aliphatic carbocycles. The molecule has 1 fully saturated rings. The van der Waals surface area contributed by atoms with Crippen molar-refractivity contribution < 1.29 is 28.3 Å². The van der Waals surface area contributed by atoms with Gasteiger partial charge in [-0.05, 0) is 62.1 Å². The van der Waals surface area contributed by atoms with E-state index in [4.69, 9.17) is 14.3 Å². The highest BCUT2D eigenvalue weighted by Crippen LogP contribution is 2.34. The number of carbonyl (C=O) groups is 2. The standard InChI is InChI=1S/C28H32FN5O5/c1-3-20(12-13-26(36)34-39-27-7-5-6-14-37-27)38-24-16-22-21(15-23(24)33-25(35)4-2)28(31-17-30-22)32-19-10-8-18(29)9-11-19/h4,8-11,15-17,20,27H,2-3,5-7,12-14H2,1H3,(H,33,35)(H,34,36)(H,30,31,32). The van der Waals surface area contributed by atoms with Gasteiger partial charge in [-0.15, -0.1) is 0 Å². The molecule has 206 valence electrons. The number of fused-ring (bicyclic) bond motifs is 1. The van der Waals surface area contributed by atoms with Crippen molar-refractivity contribution in [1.82, 2.24) is 15.4 Å². The van der Waals surface area contributed by atoms with Crippen LogP contribution in [0.4, 0.5) is 21.6 Å². The highest BCUT2D eigenvalue weighted by molar-refractivity contribution is 6.03. The van der Waals surface area contributed by atoms with Gasteiger partial charge in [-0.1, -0.05) is 13.5 Å². The zero-order valence-corrected chi connectivity index (χ0v) is 21.7. The number of amides is 2.